The van der Waals surface area contributed by atoms with E-state index in [0.717, 1.165) is 32.2 Å². The fraction of sp³-hybridized carbons (Fsp3) is 0.812. The Bertz CT molecular complexity index is 399. The fourth-order valence-corrected chi connectivity index (χ4v) is 2.46. The van der Waals surface area contributed by atoms with Crippen LogP contribution in [-0.2, 0) is 19.4 Å². The van der Waals surface area contributed by atoms with Gasteiger partial charge in [0.05, 0.1) is 5.69 Å². The lowest BCUT2D eigenvalue weighted by molar-refractivity contribution is 0.337. The van der Waals surface area contributed by atoms with E-state index in [0.29, 0.717) is 5.41 Å². The van der Waals surface area contributed by atoms with Crippen LogP contribution in [0.1, 0.15) is 77.4 Å². The zero-order valence-corrected chi connectivity index (χ0v) is 13.6. The number of nitrogens with zero attached hydrogens (tertiary/aromatic N) is 2. The molecule has 2 N–H and O–H groups in total. The molecule has 0 amide bonds. The second-order valence-corrected chi connectivity index (χ2v) is 6.56. The van der Waals surface area contributed by atoms with Crippen molar-refractivity contribution in [3.63, 3.8) is 0 Å². The summed E-state index contributed by atoms with van der Waals surface area (Å²) in [6.45, 7) is 14.4. The normalized spacial score (nSPS) is 13.8. The first-order chi connectivity index (χ1) is 8.84. The summed E-state index contributed by atoms with van der Waals surface area (Å²) in [5, 5.41) is 4.81. The Morgan fingerprint density at radius 1 is 1.16 bits per heavy atom. The minimum atomic E-state index is 0.133. The molecule has 1 rings (SSSR count). The van der Waals surface area contributed by atoms with Crippen molar-refractivity contribution in [2.45, 2.75) is 79.8 Å². The monoisotopic (exact) mass is 265 g/mol. The van der Waals surface area contributed by atoms with Crippen LogP contribution in [0.5, 0.6) is 0 Å². The molecule has 1 aromatic heterocycles. The highest BCUT2D eigenvalue weighted by Crippen LogP contribution is 2.26. The van der Waals surface area contributed by atoms with Gasteiger partial charge in [0, 0.05) is 23.8 Å². The molecule has 0 fully saturated rings. The number of hydrogen-bond donors (Lipinski definition) is 1. The Kier molecular flexibility index (Phi) is 5.60. The highest BCUT2D eigenvalue weighted by atomic mass is 15.3. The average Bonchev–Trinajstić information content (AvgIpc) is 2.72. The van der Waals surface area contributed by atoms with Gasteiger partial charge in [0.15, 0.2) is 0 Å². The van der Waals surface area contributed by atoms with Crippen molar-refractivity contribution < 1.29 is 0 Å². The maximum atomic E-state index is 6.29. The lowest BCUT2D eigenvalue weighted by atomic mass is 9.92. The molecule has 0 aromatic carbocycles. The zero-order valence-electron chi connectivity index (χ0n) is 13.6. The first-order valence-corrected chi connectivity index (χ1v) is 7.68. The molecule has 0 aliphatic carbocycles. The van der Waals surface area contributed by atoms with Crippen LogP contribution in [0.2, 0.25) is 0 Å². The summed E-state index contributed by atoms with van der Waals surface area (Å²) in [6, 6.07) is 0.133. The van der Waals surface area contributed by atoms with Crippen molar-refractivity contribution in [3.8, 4) is 0 Å². The minimum absolute atomic E-state index is 0.133. The first kappa shape index (κ1) is 16.2. The summed E-state index contributed by atoms with van der Waals surface area (Å²) in [5.41, 5.74) is 10.5. The average molecular weight is 265 g/mol. The molecule has 110 valence electrons. The third-order valence-corrected chi connectivity index (χ3v) is 3.73. The Labute approximate surface area is 118 Å². The predicted octanol–water partition coefficient (Wildman–Crippen LogP) is 3.85. The molecule has 1 aromatic rings. The molecular weight excluding hydrogens is 234 g/mol. The van der Waals surface area contributed by atoms with Gasteiger partial charge in [-0.15, -0.1) is 0 Å². The largest absolute Gasteiger partial charge is 0.324 e. The molecule has 0 saturated carbocycles. The molecule has 1 atom stereocenters. The standard InChI is InChI=1S/C16H31N3/c1-7-12(17)15-13(8-2)18-19(14(15)9-3)11-10-16(4,5)6/h12H,7-11,17H2,1-6H3. The topological polar surface area (TPSA) is 43.8 Å². The van der Waals surface area contributed by atoms with E-state index in [-0.39, 0.29) is 6.04 Å². The number of rotatable bonds is 6. The summed E-state index contributed by atoms with van der Waals surface area (Å²) in [7, 11) is 0. The molecule has 1 unspecified atom stereocenters. The Hall–Kier alpha value is -0.830. The van der Waals surface area contributed by atoms with E-state index in [2.05, 4.69) is 46.2 Å². The van der Waals surface area contributed by atoms with Crippen molar-refractivity contribution >= 4 is 0 Å². The Balaban J connectivity index is 3.08. The van der Waals surface area contributed by atoms with Crippen molar-refractivity contribution in [1.29, 1.82) is 0 Å². The van der Waals surface area contributed by atoms with Gasteiger partial charge in [0.1, 0.15) is 0 Å². The lowest BCUT2D eigenvalue weighted by Gasteiger charge is -2.19. The Morgan fingerprint density at radius 2 is 1.79 bits per heavy atom. The number of nitrogens with two attached hydrogens (primary N) is 1. The van der Waals surface area contributed by atoms with Crippen molar-refractivity contribution in [1.82, 2.24) is 9.78 Å². The second kappa shape index (κ2) is 6.56. The lowest BCUT2D eigenvalue weighted by Crippen LogP contribution is -2.15. The van der Waals surface area contributed by atoms with Gasteiger partial charge in [0.25, 0.3) is 0 Å². The minimum Gasteiger partial charge on any atom is -0.324 e. The molecule has 1 heterocycles. The number of aromatic nitrogens is 2. The summed E-state index contributed by atoms with van der Waals surface area (Å²) >= 11 is 0. The quantitative estimate of drug-likeness (QED) is 0.849. The molecule has 0 saturated heterocycles. The van der Waals surface area contributed by atoms with Crippen LogP contribution in [0, 0.1) is 5.41 Å². The van der Waals surface area contributed by atoms with Crippen LogP contribution in [0.3, 0.4) is 0 Å². The van der Waals surface area contributed by atoms with Gasteiger partial charge < -0.3 is 5.73 Å². The third-order valence-electron chi connectivity index (χ3n) is 3.73. The van der Waals surface area contributed by atoms with E-state index in [1.165, 1.54) is 17.0 Å². The van der Waals surface area contributed by atoms with Gasteiger partial charge in [-0.3, -0.25) is 4.68 Å². The SMILES string of the molecule is CCc1nn(CCC(C)(C)C)c(CC)c1C(N)CC. The van der Waals surface area contributed by atoms with Crippen LogP contribution in [-0.4, -0.2) is 9.78 Å². The molecular formula is C16H31N3. The van der Waals surface area contributed by atoms with E-state index >= 15 is 0 Å². The summed E-state index contributed by atoms with van der Waals surface area (Å²) in [5.74, 6) is 0. The molecule has 3 nitrogen and oxygen atoms in total. The van der Waals surface area contributed by atoms with E-state index in [1.807, 2.05) is 0 Å². The van der Waals surface area contributed by atoms with Crippen LogP contribution in [0.4, 0.5) is 0 Å². The van der Waals surface area contributed by atoms with Gasteiger partial charge in [-0.1, -0.05) is 41.5 Å². The van der Waals surface area contributed by atoms with Gasteiger partial charge in [-0.2, -0.15) is 5.10 Å². The van der Waals surface area contributed by atoms with Gasteiger partial charge in [0.2, 0.25) is 0 Å². The maximum Gasteiger partial charge on any atom is 0.0672 e. The smallest absolute Gasteiger partial charge is 0.0672 e. The number of aryl methyl sites for hydroxylation is 2. The zero-order chi connectivity index (χ0) is 14.6. The second-order valence-electron chi connectivity index (χ2n) is 6.56. The molecule has 0 bridgehead atoms. The predicted molar refractivity (Wildman–Crippen MR) is 82.3 cm³/mol. The summed E-state index contributed by atoms with van der Waals surface area (Å²) in [4.78, 5) is 0. The van der Waals surface area contributed by atoms with E-state index < -0.39 is 0 Å². The van der Waals surface area contributed by atoms with E-state index in [9.17, 15) is 0 Å². The van der Waals surface area contributed by atoms with Crippen LogP contribution in [0.15, 0.2) is 0 Å². The first-order valence-electron chi connectivity index (χ1n) is 7.68. The number of hydrogen-bond acceptors (Lipinski definition) is 2. The van der Waals surface area contributed by atoms with Crippen LogP contribution in [0.25, 0.3) is 0 Å². The molecule has 0 radical (unpaired) electrons. The molecule has 0 aliphatic heterocycles. The highest BCUT2D eigenvalue weighted by Gasteiger charge is 2.20. The van der Waals surface area contributed by atoms with E-state index in [4.69, 9.17) is 10.8 Å². The maximum absolute atomic E-state index is 6.29. The summed E-state index contributed by atoms with van der Waals surface area (Å²) in [6.07, 6.45) is 4.11. The van der Waals surface area contributed by atoms with Gasteiger partial charge in [-0.05, 0) is 31.1 Å². The third kappa shape index (κ3) is 4.07. The molecule has 0 spiro atoms. The molecule has 0 aliphatic rings. The molecule has 3 heteroatoms. The van der Waals surface area contributed by atoms with Gasteiger partial charge in [-0.25, -0.2) is 0 Å². The van der Waals surface area contributed by atoms with Crippen LogP contribution < -0.4 is 5.73 Å². The van der Waals surface area contributed by atoms with Gasteiger partial charge >= 0.3 is 0 Å². The molecule has 19 heavy (non-hydrogen) atoms. The van der Waals surface area contributed by atoms with Crippen LogP contribution >= 0.6 is 0 Å². The highest BCUT2D eigenvalue weighted by molar-refractivity contribution is 5.30. The fourth-order valence-electron chi connectivity index (χ4n) is 2.46. The van der Waals surface area contributed by atoms with E-state index in [1.54, 1.807) is 0 Å². The van der Waals surface area contributed by atoms with Crippen molar-refractivity contribution in [2.75, 3.05) is 0 Å². The van der Waals surface area contributed by atoms with Crippen molar-refractivity contribution in [3.05, 3.63) is 17.0 Å². The Morgan fingerprint density at radius 3 is 2.21 bits per heavy atom. The summed E-state index contributed by atoms with van der Waals surface area (Å²) < 4.78 is 2.20. The van der Waals surface area contributed by atoms with Crippen molar-refractivity contribution in [2.24, 2.45) is 11.1 Å².